The minimum atomic E-state index is -1.90. The van der Waals surface area contributed by atoms with Crippen LogP contribution in [0.15, 0.2) is 0 Å². The Kier molecular flexibility index (Phi) is 17.1. The molecule has 0 aromatic carbocycles. The lowest BCUT2D eigenvalue weighted by molar-refractivity contribution is -0.376. The number of esters is 1. The van der Waals surface area contributed by atoms with Crippen molar-refractivity contribution in [2.24, 2.45) is 17.8 Å². The van der Waals surface area contributed by atoms with Gasteiger partial charge < -0.3 is 104 Å². The second-order valence-electron chi connectivity index (χ2n) is 18.7. The summed E-state index contributed by atoms with van der Waals surface area (Å²) in [5.41, 5.74) is 0. The predicted octanol–water partition coefficient (Wildman–Crippen LogP) is -4.85. The molecule has 4 heterocycles. The van der Waals surface area contributed by atoms with Crippen LogP contribution in [0.25, 0.3) is 0 Å². The van der Waals surface area contributed by atoms with Gasteiger partial charge >= 0.3 is 5.97 Å². The fourth-order valence-corrected chi connectivity index (χ4v) is 10.3. The van der Waals surface area contributed by atoms with Crippen molar-refractivity contribution in [2.75, 3.05) is 19.8 Å². The summed E-state index contributed by atoms with van der Waals surface area (Å²) in [7, 11) is 0. The van der Waals surface area contributed by atoms with Gasteiger partial charge in [-0.25, -0.2) is 0 Å². The summed E-state index contributed by atoms with van der Waals surface area (Å²) in [6.45, 7) is -1.61. The van der Waals surface area contributed by atoms with Gasteiger partial charge in [-0.2, -0.15) is 0 Å². The Bertz CT molecular complexity index is 1440. The highest BCUT2D eigenvalue weighted by Gasteiger charge is 2.55. The standard InChI is InChI=1S/C41H68O22/c42-18-5-1-16(2-6-18)3-8-29(48)56-14-27-31(50)33(52)36(55)39(61-27)58-15-28-32(51)34(53)38(63-40-35(54)30(49)24(47)13-57-40)41(62-28)60-26-12-20-22(45)10-19(43)11-25(20)59-37(26)17-4-7-21(44)23(46)9-17/h16-28,30-47,49-55H,1-15H2/t16?,17?,18?,19?,20?,21?,22?,23?,24-,25?,26?,27-,28-,30+,31-,32+,33+,34+,35-,36-,37?,38-,39-,40+,41-/m1/s1. The zero-order valence-electron chi connectivity index (χ0n) is 35.0. The maximum atomic E-state index is 12.6. The molecule has 7 fully saturated rings. The van der Waals surface area contributed by atoms with Gasteiger partial charge in [-0.05, 0) is 82.5 Å². The van der Waals surface area contributed by atoms with Crippen LogP contribution >= 0.6 is 0 Å². The van der Waals surface area contributed by atoms with Gasteiger partial charge in [0.1, 0.15) is 73.8 Å². The van der Waals surface area contributed by atoms with E-state index in [1.807, 2.05) is 0 Å². The normalized spacial score (nSPS) is 51.0. The van der Waals surface area contributed by atoms with E-state index < -0.39 is 166 Å². The number of aliphatic hydroxyl groups is 13. The van der Waals surface area contributed by atoms with Crippen LogP contribution in [0.2, 0.25) is 0 Å². The number of carbonyl (C=O) groups excluding carboxylic acids is 1. The minimum Gasteiger partial charge on any atom is -0.463 e. The highest BCUT2D eigenvalue weighted by Crippen LogP contribution is 2.44. The van der Waals surface area contributed by atoms with E-state index in [0.29, 0.717) is 25.7 Å². The third-order valence-corrected chi connectivity index (χ3v) is 14.3. The van der Waals surface area contributed by atoms with Crippen LogP contribution in [0.1, 0.15) is 77.0 Å². The van der Waals surface area contributed by atoms with Crippen LogP contribution in [-0.4, -0.2) is 227 Å². The maximum Gasteiger partial charge on any atom is 0.305 e. The molecule has 4 saturated heterocycles. The number of hydrogen-bond acceptors (Lipinski definition) is 22. The van der Waals surface area contributed by atoms with E-state index in [4.69, 9.17) is 37.9 Å². The fourth-order valence-electron chi connectivity index (χ4n) is 10.3. The van der Waals surface area contributed by atoms with Crippen LogP contribution < -0.4 is 0 Å². The Labute approximate surface area is 364 Å². The van der Waals surface area contributed by atoms with E-state index in [2.05, 4.69) is 0 Å². The van der Waals surface area contributed by atoms with Gasteiger partial charge in [-0.3, -0.25) is 4.79 Å². The van der Waals surface area contributed by atoms with Crippen LogP contribution in [0.3, 0.4) is 0 Å². The lowest BCUT2D eigenvalue weighted by Crippen LogP contribution is -2.65. The Morgan fingerprint density at radius 2 is 1.22 bits per heavy atom. The summed E-state index contributed by atoms with van der Waals surface area (Å²) >= 11 is 0. The summed E-state index contributed by atoms with van der Waals surface area (Å²) in [4.78, 5) is 12.6. The van der Waals surface area contributed by atoms with Gasteiger partial charge in [0, 0.05) is 12.3 Å². The van der Waals surface area contributed by atoms with Crippen molar-refractivity contribution in [3.05, 3.63) is 0 Å². The summed E-state index contributed by atoms with van der Waals surface area (Å²) in [5.74, 6) is -1.24. The average molecular weight is 913 g/mol. The highest BCUT2D eigenvalue weighted by molar-refractivity contribution is 5.69. The number of hydrogen-bond donors (Lipinski definition) is 13. The van der Waals surface area contributed by atoms with E-state index >= 15 is 0 Å². The van der Waals surface area contributed by atoms with E-state index in [9.17, 15) is 71.2 Å². The molecule has 0 aromatic heterocycles. The second-order valence-corrected chi connectivity index (χ2v) is 18.7. The Hall–Kier alpha value is -1.33. The topological polar surface area (TPSA) is 354 Å². The van der Waals surface area contributed by atoms with Gasteiger partial charge in [0.15, 0.2) is 18.9 Å². The summed E-state index contributed by atoms with van der Waals surface area (Å²) in [6, 6.07) is 0. The molecule has 364 valence electrons. The van der Waals surface area contributed by atoms with Gasteiger partial charge in [-0.15, -0.1) is 0 Å². The molecule has 22 heteroatoms. The van der Waals surface area contributed by atoms with E-state index in [1.54, 1.807) is 0 Å². The smallest absolute Gasteiger partial charge is 0.305 e. The molecule has 0 bridgehead atoms. The highest BCUT2D eigenvalue weighted by atomic mass is 16.8. The third-order valence-electron chi connectivity index (χ3n) is 14.3. The lowest BCUT2D eigenvalue weighted by atomic mass is 9.72. The molecule has 9 unspecified atom stereocenters. The molecular formula is C41H68O22. The molecule has 0 radical (unpaired) electrons. The second kappa shape index (κ2) is 21.7. The molecule has 13 N–H and O–H groups in total. The predicted molar refractivity (Wildman–Crippen MR) is 206 cm³/mol. The molecule has 4 aliphatic heterocycles. The van der Waals surface area contributed by atoms with Crippen molar-refractivity contribution in [3.8, 4) is 0 Å². The minimum absolute atomic E-state index is 0.0777. The number of fused-ring (bicyclic) bond motifs is 1. The van der Waals surface area contributed by atoms with Gasteiger partial charge in [0.2, 0.25) is 0 Å². The van der Waals surface area contributed by atoms with E-state index in [0.717, 1.165) is 12.8 Å². The van der Waals surface area contributed by atoms with Crippen LogP contribution in [0.5, 0.6) is 0 Å². The molecule has 0 spiro atoms. The number of rotatable bonds is 13. The first-order valence-corrected chi connectivity index (χ1v) is 22.5. The van der Waals surface area contributed by atoms with Crippen LogP contribution in [0, 0.1) is 17.8 Å². The van der Waals surface area contributed by atoms with E-state index in [-0.39, 0.29) is 50.5 Å². The number of aliphatic hydroxyl groups excluding tert-OH is 13. The largest absolute Gasteiger partial charge is 0.463 e. The number of carbonyl (C=O) groups is 1. The molecule has 23 atom stereocenters. The van der Waals surface area contributed by atoms with Crippen LogP contribution in [0.4, 0.5) is 0 Å². The molecule has 22 nitrogen and oxygen atoms in total. The van der Waals surface area contributed by atoms with Crippen molar-refractivity contribution in [3.63, 3.8) is 0 Å². The Balaban J connectivity index is 1.05. The Morgan fingerprint density at radius 3 is 1.95 bits per heavy atom. The van der Waals surface area contributed by atoms with Gasteiger partial charge in [-0.1, -0.05) is 0 Å². The maximum absolute atomic E-state index is 12.6. The van der Waals surface area contributed by atoms with Crippen molar-refractivity contribution >= 4 is 5.97 Å². The molecule has 7 aliphatic rings. The molecule has 3 saturated carbocycles. The first-order valence-electron chi connectivity index (χ1n) is 22.5. The molecular weight excluding hydrogens is 844 g/mol. The van der Waals surface area contributed by atoms with Crippen molar-refractivity contribution in [2.45, 2.75) is 212 Å². The summed E-state index contributed by atoms with van der Waals surface area (Å²) in [6.07, 6.45) is -25.4. The monoisotopic (exact) mass is 912 g/mol. The van der Waals surface area contributed by atoms with Gasteiger partial charge in [0.25, 0.3) is 0 Å². The van der Waals surface area contributed by atoms with Crippen molar-refractivity contribution in [1.29, 1.82) is 0 Å². The third kappa shape index (κ3) is 11.7. The Morgan fingerprint density at radius 1 is 0.540 bits per heavy atom. The first-order chi connectivity index (χ1) is 30.0. The quantitative estimate of drug-likeness (QED) is 0.0771. The molecule has 7 rings (SSSR count). The van der Waals surface area contributed by atoms with E-state index in [1.165, 1.54) is 0 Å². The molecule has 63 heavy (non-hydrogen) atoms. The molecule has 3 aliphatic carbocycles. The van der Waals surface area contributed by atoms with Gasteiger partial charge in [0.05, 0.1) is 62.0 Å². The summed E-state index contributed by atoms with van der Waals surface area (Å²) in [5, 5.41) is 139. The lowest BCUT2D eigenvalue weighted by Gasteiger charge is -2.51. The summed E-state index contributed by atoms with van der Waals surface area (Å²) < 4.78 is 47.5. The average Bonchev–Trinajstić information content (AvgIpc) is 3.25. The first kappa shape index (κ1) is 49.6. The van der Waals surface area contributed by atoms with Crippen molar-refractivity contribution in [1.82, 2.24) is 0 Å². The van der Waals surface area contributed by atoms with Crippen molar-refractivity contribution < 1.29 is 109 Å². The fraction of sp³-hybridized carbons (Fsp3) is 0.976. The zero-order chi connectivity index (χ0) is 45.3. The van der Waals surface area contributed by atoms with Crippen LogP contribution in [-0.2, 0) is 42.7 Å². The molecule has 0 amide bonds. The zero-order valence-corrected chi connectivity index (χ0v) is 35.0. The SMILES string of the molecule is O=C(CCC1CCC(O)CC1)OC[C@H]1O[C@@H](OC[C@H]2O[C@@H](OC3CC4C(O)CC(O)CC4OC3C3CCC(O)C(O)C3)[C@H](O[C@@H]3OC[C@@H](O)[C@H](O)[C@H]3O)[C@@H](O)[C@H]2O)[C@H](O)[C@@H](O)[C@@H]1O. The number of ether oxygens (including phenoxy) is 8. The molecule has 0 aromatic rings.